The number of hydrogen-bond acceptors (Lipinski definition) is 0. The van der Waals surface area contributed by atoms with Crippen molar-refractivity contribution >= 4 is 0 Å². The van der Waals surface area contributed by atoms with Crippen molar-refractivity contribution in [2.75, 3.05) is 0 Å². The molecule has 0 unspecified atom stereocenters. The highest BCUT2D eigenvalue weighted by Gasteiger charge is 2.33. The molecule has 1 aromatic carbocycles. The van der Waals surface area contributed by atoms with Gasteiger partial charge in [-0.05, 0) is 32.3 Å². The molecule has 82 valence electrons. The van der Waals surface area contributed by atoms with E-state index in [0.717, 1.165) is 0 Å². The van der Waals surface area contributed by atoms with E-state index >= 15 is 0 Å². The van der Waals surface area contributed by atoms with E-state index in [-0.39, 0.29) is 0 Å². The predicted molar refractivity (Wildman–Crippen MR) is 63.9 cm³/mol. The summed E-state index contributed by atoms with van der Waals surface area (Å²) >= 11 is 0. The van der Waals surface area contributed by atoms with E-state index in [4.69, 9.17) is 0 Å². The average molecular weight is 204 g/mol. The summed E-state index contributed by atoms with van der Waals surface area (Å²) in [6.45, 7) is 9.38. The SMILES string of the molecule is C[C@@H]1CC(C)(C)[NH2+][C@@H](C)c2ccccc21. The Bertz CT molecular complexity index is 321. The van der Waals surface area contributed by atoms with Crippen LogP contribution in [0.3, 0.4) is 0 Å². The van der Waals surface area contributed by atoms with E-state index in [1.165, 1.54) is 12.0 Å². The molecule has 1 heteroatoms. The van der Waals surface area contributed by atoms with Crippen molar-refractivity contribution in [2.45, 2.75) is 51.6 Å². The van der Waals surface area contributed by atoms with Crippen molar-refractivity contribution < 1.29 is 5.32 Å². The summed E-state index contributed by atoms with van der Waals surface area (Å²) in [6, 6.07) is 9.50. The largest absolute Gasteiger partial charge is 0.336 e. The Kier molecular flexibility index (Phi) is 2.59. The van der Waals surface area contributed by atoms with Crippen LogP contribution >= 0.6 is 0 Å². The van der Waals surface area contributed by atoms with Gasteiger partial charge in [-0.15, -0.1) is 0 Å². The minimum Gasteiger partial charge on any atom is -0.336 e. The molecule has 0 spiro atoms. The van der Waals surface area contributed by atoms with Crippen molar-refractivity contribution in [3.05, 3.63) is 35.4 Å². The van der Waals surface area contributed by atoms with Gasteiger partial charge in [-0.2, -0.15) is 0 Å². The molecular formula is C14H22N+. The average Bonchev–Trinajstić information content (AvgIpc) is 2.23. The highest BCUT2D eigenvalue weighted by Crippen LogP contribution is 2.31. The molecule has 15 heavy (non-hydrogen) atoms. The second kappa shape index (κ2) is 3.64. The van der Waals surface area contributed by atoms with E-state index in [1.54, 1.807) is 5.56 Å². The lowest BCUT2D eigenvalue weighted by Crippen LogP contribution is -2.95. The third kappa shape index (κ3) is 2.07. The quantitative estimate of drug-likeness (QED) is 0.669. The molecule has 1 heterocycles. The third-order valence-electron chi connectivity index (χ3n) is 3.55. The number of quaternary nitrogens is 1. The maximum absolute atomic E-state index is 2.51. The molecule has 0 saturated heterocycles. The monoisotopic (exact) mass is 204 g/mol. The van der Waals surface area contributed by atoms with Gasteiger partial charge < -0.3 is 5.32 Å². The first-order valence-corrected chi connectivity index (χ1v) is 5.94. The topological polar surface area (TPSA) is 16.6 Å². The van der Waals surface area contributed by atoms with Crippen LogP contribution in [0.15, 0.2) is 24.3 Å². The predicted octanol–water partition coefficient (Wildman–Crippen LogP) is 2.60. The molecule has 2 rings (SSSR count). The zero-order valence-electron chi connectivity index (χ0n) is 10.2. The van der Waals surface area contributed by atoms with Crippen LogP contribution in [0.2, 0.25) is 0 Å². The second-order valence-electron chi connectivity index (χ2n) is 5.68. The van der Waals surface area contributed by atoms with Crippen LogP contribution in [0.25, 0.3) is 0 Å². The normalized spacial score (nSPS) is 29.3. The van der Waals surface area contributed by atoms with E-state index in [9.17, 15) is 0 Å². The summed E-state index contributed by atoms with van der Waals surface area (Å²) < 4.78 is 0. The lowest BCUT2D eigenvalue weighted by molar-refractivity contribution is -0.754. The van der Waals surface area contributed by atoms with Crippen LogP contribution in [-0.4, -0.2) is 5.54 Å². The minimum atomic E-state index is 0.359. The first-order chi connectivity index (χ1) is 6.99. The maximum Gasteiger partial charge on any atom is 0.109 e. The Morgan fingerprint density at radius 2 is 1.73 bits per heavy atom. The van der Waals surface area contributed by atoms with Crippen molar-refractivity contribution in [1.29, 1.82) is 0 Å². The molecule has 1 nitrogen and oxygen atoms in total. The molecule has 0 aromatic heterocycles. The van der Waals surface area contributed by atoms with E-state index in [0.29, 0.717) is 17.5 Å². The Morgan fingerprint density at radius 3 is 2.40 bits per heavy atom. The number of hydrogen-bond donors (Lipinski definition) is 1. The molecule has 0 fully saturated rings. The summed E-state index contributed by atoms with van der Waals surface area (Å²) in [5.74, 6) is 0.678. The molecule has 2 N–H and O–H groups in total. The minimum absolute atomic E-state index is 0.359. The number of fused-ring (bicyclic) bond motifs is 1. The van der Waals surface area contributed by atoms with Gasteiger partial charge >= 0.3 is 0 Å². The van der Waals surface area contributed by atoms with Gasteiger partial charge in [0.1, 0.15) is 6.04 Å². The van der Waals surface area contributed by atoms with E-state index in [2.05, 4.69) is 57.3 Å². The maximum atomic E-state index is 2.51. The highest BCUT2D eigenvalue weighted by molar-refractivity contribution is 5.32. The Hall–Kier alpha value is -0.820. The second-order valence-corrected chi connectivity index (χ2v) is 5.68. The van der Waals surface area contributed by atoms with Gasteiger partial charge in [0.15, 0.2) is 0 Å². The highest BCUT2D eigenvalue weighted by atomic mass is 15.0. The number of rotatable bonds is 0. The molecule has 0 saturated carbocycles. The Balaban J connectivity index is 2.45. The van der Waals surface area contributed by atoms with Gasteiger partial charge in [0.25, 0.3) is 0 Å². The standard InChI is InChI=1S/C14H21N/c1-10-9-14(3,4)15-11(2)13-8-6-5-7-12(10)13/h5-8,10-11,15H,9H2,1-4H3/p+1/t10-,11+/m1/s1. The Morgan fingerprint density at radius 1 is 1.13 bits per heavy atom. The van der Waals surface area contributed by atoms with Crippen LogP contribution < -0.4 is 5.32 Å². The van der Waals surface area contributed by atoms with Crippen molar-refractivity contribution in [3.8, 4) is 0 Å². The van der Waals surface area contributed by atoms with Crippen LogP contribution in [0, 0.1) is 0 Å². The number of benzene rings is 1. The smallest absolute Gasteiger partial charge is 0.109 e. The van der Waals surface area contributed by atoms with Gasteiger partial charge in [0, 0.05) is 12.0 Å². The van der Waals surface area contributed by atoms with Crippen molar-refractivity contribution in [1.82, 2.24) is 0 Å². The zero-order valence-corrected chi connectivity index (χ0v) is 10.2. The van der Waals surface area contributed by atoms with E-state index < -0.39 is 0 Å². The van der Waals surface area contributed by atoms with Gasteiger partial charge in [-0.1, -0.05) is 31.2 Å². The fourth-order valence-electron chi connectivity index (χ4n) is 3.11. The fourth-order valence-corrected chi connectivity index (χ4v) is 3.11. The summed E-state index contributed by atoms with van der Waals surface area (Å²) in [6.07, 6.45) is 1.26. The van der Waals surface area contributed by atoms with Crippen LogP contribution in [0.4, 0.5) is 0 Å². The molecule has 0 amide bonds. The molecule has 2 atom stereocenters. The van der Waals surface area contributed by atoms with Gasteiger partial charge in [-0.25, -0.2) is 0 Å². The van der Waals surface area contributed by atoms with Gasteiger partial charge in [0.05, 0.1) is 5.54 Å². The van der Waals surface area contributed by atoms with Crippen LogP contribution in [0.1, 0.15) is 57.2 Å². The summed E-state index contributed by atoms with van der Waals surface area (Å²) in [4.78, 5) is 0. The van der Waals surface area contributed by atoms with Crippen LogP contribution in [-0.2, 0) is 0 Å². The molecule has 0 radical (unpaired) electrons. The lowest BCUT2D eigenvalue weighted by Gasteiger charge is -2.24. The van der Waals surface area contributed by atoms with Crippen molar-refractivity contribution in [2.24, 2.45) is 0 Å². The van der Waals surface area contributed by atoms with E-state index in [1.807, 2.05) is 0 Å². The Labute approximate surface area is 92.9 Å². The summed E-state index contributed by atoms with van der Waals surface area (Å²) in [5, 5.41) is 2.51. The first-order valence-electron chi connectivity index (χ1n) is 5.94. The summed E-state index contributed by atoms with van der Waals surface area (Å²) in [5.41, 5.74) is 3.43. The van der Waals surface area contributed by atoms with Gasteiger partial charge in [0.2, 0.25) is 0 Å². The third-order valence-corrected chi connectivity index (χ3v) is 3.55. The summed E-state index contributed by atoms with van der Waals surface area (Å²) in [7, 11) is 0. The van der Waals surface area contributed by atoms with Crippen LogP contribution in [0.5, 0.6) is 0 Å². The lowest BCUT2D eigenvalue weighted by atomic mass is 9.87. The molecule has 0 aliphatic carbocycles. The molecule has 0 bridgehead atoms. The fraction of sp³-hybridized carbons (Fsp3) is 0.571. The van der Waals surface area contributed by atoms with Crippen molar-refractivity contribution in [3.63, 3.8) is 0 Å². The first kappa shape index (κ1) is 10.7. The molecule has 1 aliphatic rings. The van der Waals surface area contributed by atoms with Gasteiger partial charge in [-0.3, -0.25) is 0 Å². The zero-order chi connectivity index (χ0) is 11.1. The number of nitrogens with two attached hydrogens (primary N) is 1. The molecule has 1 aromatic rings. The molecule has 1 aliphatic heterocycles. The molecular weight excluding hydrogens is 182 g/mol.